The average Bonchev–Trinajstić information content (AvgIpc) is 2.50. The molecule has 1 aromatic rings. The monoisotopic (exact) mass is 290 g/mol. The van der Waals surface area contributed by atoms with Crippen LogP contribution in [0.5, 0.6) is 0 Å². The smallest absolute Gasteiger partial charge is 0.223 e. The van der Waals surface area contributed by atoms with Crippen molar-refractivity contribution >= 4 is 5.95 Å². The molecule has 3 rings (SSSR count). The Kier molecular flexibility index (Phi) is 4.35. The summed E-state index contributed by atoms with van der Waals surface area (Å²) in [6.07, 6.45) is 6.25. The highest BCUT2D eigenvalue weighted by atomic mass is 15.3. The minimum Gasteiger partial charge on any atom is -0.368 e. The number of piperazine rings is 1. The first-order valence-corrected chi connectivity index (χ1v) is 8.03. The molecule has 1 atom stereocenters. The number of likely N-dealkylation sites (N-methyl/N-ethyl adjacent to an activating group) is 2. The summed E-state index contributed by atoms with van der Waals surface area (Å²) in [5.74, 6) is 2.60. The Hall–Kier alpha value is -1.27. The summed E-state index contributed by atoms with van der Waals surface area (Å²) in [5.41, 5.74) is 5.96. The van der Waals surface area contributed by atoms with Gasteiger partial charge in [-0.2, -0.15) is 9.97 Å². The summed E-state index contributed by atoms with van der Waals surface area (Å²) in [7, 11) is 4.28. The van der Waals surface area contributed by atoms with E-state index in [4.69, 9.17) is 10.7 Å². The molecule has 116 valence electrons. The van der Waals surface area contributed by atoms with Crippen LogP contribution in [0.15, 0.2) is 0 Å². The Balaban J connectivity index is 1.86. The third kappa shape index (κ3) is 3.32. The van der Waals surface area contributed by atoms with E-state index >= 15 is 0 Å². The predicted molar refractivity (Wildman–Crippen MR) is 82.9 cm³/mol. The minimum atomic E-state index is 0.219. The third-order valence-corrected chi connectivity index (χ3v) is 4.81. The van der Waals surface area contributed by atoms with E-state index in [1.165, 1.54) is 32.1 Å². The van der Waals surface area contributed by atoms with Crippen molar-refractivity contribution in [2.24, 2.45) is 0 Å². The van der Waals surface area contributed by atoms with E-state index in [-0.39, 0.29) is 6.04 Å². The van der Waals surface area contributed by atoms with Gasteiger partial charge in [-0.1, -0.05) is 19.3 Å². The first-order valence-electron chi connectivity index (χ1n) is 8.03. The van der Waals surface area contributed by atoms with Crippen molar-refractivity contribution in [2.45, 2.75) is 44.1 Å². The summed E-state index contributed by atoms with van der Waals surface area (Å²) in [6.45, 7) is 3.07. The van der Waals surface area contributed by atoms with Gasteiger partial charge in [-0.3, -0.25) is 4.90 Å². The van der Waals surface area contributed by atoms with E-state index < -0.39 is 0 Å². The van der Waals surface area contributed by atoms with Gasteiger partial charge >= 0.3 is 0 Å². The van der Waals surface area contributed by atoms with Gasteiger partial charge in [0.1, 0.15) is 5.82 Å². The van der Waals surface area contributed by atoms with Gasteiger partial charge in [0.25, 0.3) is 0 Å². The molecule has 1 aliphatic carbocycles. The summed E-state index contributed by atoms with van der Waals surface area (Å²) in [6, 6.07) is 0.219. The minimum absolute atomic E-state index is 0.219. The Morgan fingerprint density at radius 3 is 2.43 bits per heavy atom. The fourth-order valence-corrected chi connectivity index (χ4v) is 3.41. The number of rotatable bonds is 2. The predicted octanol–water partition coefficient (Wildman–Crippen LogP) is 1.42. The second-order valence-electron chi connectivity index (χ2n) is 6.50. The Morgan fingerprint density at radius 1 is 0.952 bits per heavy atom. The summed E-state index contributed by atoms with van der Waals surface area (Å²) in [4.78, 5) is 18.3. The fourth-order valence-electron chi connectivity index (χ4n) is 3.41. The highest BCUT2D eigenvalue weighted by Crippen LogP contribution is 2.31. The number of anilines is 1. The Labute approximate surface area is 126 Å². The van der Waals surface area contributed by atoms with Crippen LogP contribution < -0.4 is 5.73 Å². The van der Waals surface area contributed by atoms with Crippen molar-refractivity contribution in [3.8, 4) is 0 Å². The van der Waals surface area contributed by atoms with Crippen LogP contribution in [0.4, 0.5) is 5.95 Å². The number of nitrogens with two attached hydrogens (primary N) is 1. The molecule has 0 aromatic carbocycles. The molecule has 1 unspecified atom stereocenters. The standard InChI is InChI=1S/C15H26N6/c1-20-8-9-21(2)12(10-20)14-17-13(18-15(16)19-14)11-6-4-3-5-7-11/h11-12H,3-10H2,1-2H3,(H2,16,17,18,19). The van der Waals surface area contributed by atoms with Gasteiger partial charge < -0.3 is 10.6 Å². The maximum atomic E-state index is 5.96. The summed E-state index contributed by atoms with van der Waals surface area (Å²) >= 11 is 0. The first kappa shape index (κ1) is 14.7. The van der Waals surface area contributed by atoms with Crippen LogP contribution in [0.25, 0.3) is 0 Å². The molecule has 1 aliphatic heterocycles. The quantitative estimate of drug-likeness (QED) is 0.888. The van der Waals surface area contributed by atoms with Crippen LogP contribution >= 0.6 is 0 Å². The number of aromatic nitrogens is 3. The van der Waals surface area contributed by atoms with Gasteiger partial charge in [-0.25, -0.2) is 4.98 Å². The third-order valence-electron chi connectivity index (χ3n) is 4.81. The second-order valence-corrected chi connectivity index (χ2v) is 6.50. The van der Waals surface area contributed by atoms with Gasteiger partial charge in [0.05, 0.1) is 6.04 Å². The van der Waals surface area contributed by atoms with E-state index in [1.807, 2.05) is 0 Å². The molecule has 6 heteroatoms. The number of nitrogen functional groups attached to an aromatic ring is 1. The molecule has 1 aromatic heterocycles. The molecule has 0 bridgehead atoms. The Bertz CT molecular complexity index is 485. The van der Waals surface area contributed by atoms with E-state index in [1.54, 1.807) is 0 Å². The molecule has 1 saturated heterocycles. The highest BCUT2D eigenvalue weighted by molar-refractivity contribution is 5.19. The fraction of sp³-hybridized carbons (Fsp3) is 0.800. The molecular formula is C15H26N6. The van der Waals surface area contributed by atoms with Gasteiger partial charge in [0.2, 0.25) is 5.95 Å². The van der Waals surface area contributed by atoms with Gasteiger partial charge in [-0.05, 0) is 26.9 Å². The maximum absolute atomic E-state index is 5.96. The molecule has 21 heavy (non-hydrogen) atoms. The molecule has 0 radical (unpaired) electrons. The molecule has 1 saturated carbocycles. The van der Waals surface area contributed by atoms with E-state index in [2.05, 4.69) is 33.9 Å². The molecule has 2 aliphatic rings. The molecule has 6 nitrogen and oxygen atoms in total. The van der Waals surface area contributed by atoms with Crippen molar-refractivity contribution in [3.05, 3.63) is 11.6 Å². The SMILES string of the molecule is CN1CCN(C)C(c2nc(N)nc(C3CCCCC3)n2)C1. The first-order chi connectivity index (χ1) is 10.1. The Morgan fingerprint density at radius 2 is 1.67 bits per heavy atom. The largest absolute Gasteiger partial charge is 0.368 e. The van der Waals surface area contributed by atoms with E-state index in [0.29, 0.717) is 11.9 Å². The summed E-state index contributed by atoms with van der Waals surface area (Å²) in [5, 5.41) is 0. The van der Waals surface area contributed by atoms with Crippen LogP contribution in [0.3, 0.4) is 0 Å². The van der Waals surface area contributed by atoms with Gasteiger partial charge in [0, 0.05) is 25.6 Å². The zero-order valence-electron chi connectivity index (χ0n) is 13.1. The molecule has 2 heterocycles. The zero-order chi connectivity index (χ0) is 14.8. The lowest BCUT2D eigenvalue weighted by Gasteiger charge is -2.36. The van der Waals surface area contributed by atoms with Gasteiger partial charge in [-0.15, -0.1) is 0 Å². The van der Waals surface area contributed by atoms with Crippen molar-refractivity contribution in [2.75, 3.05) is 39.5 Å². The lowest BCUT2D eigenvalue weighted by atomic mass is 9.89. The normalized spacial score (nSPS) is 26.1. The number of hydrogen-bond donors (Lipinski definition) is 1. The average molecular weight is 290 g/mol. The van der Waals surface area contributed by atoms with Crippen LogP contribution in [-0.2, 0) is 0 Å². The molecular weight excluding hydrogens is 264 g/mol. The summed E-state index contributed by atoms with van der Waals surface area (Å²) < 4.78 is 0. The van der Waals surface area contributed by atoms with Crippen LogP contribution in [0, 0.1) is 0 Å². The molecule has 2 N–H and O–H groups in total. The molecule has 0 amide bonds. The lowest BCUT2D eigenvalue weighted by molar-refractivity contribution is 0.109. The highest BCUT2D eigenvalue weighted by Gasteiger charge is 2.28. The second kappa shape index (κ2) is 6.23. The topological polar surface area (TPSA) is 71.2 Å². The lowest BCUT2D eigenvalue weighted by Crippen LogP contribution is -2.45. The van der Waals surface area contributed by atoms with Crippen molar-refractivity contribution in [1.82, 2.24) is 24.8 Å². The van der Waals surface area contributed by atoms with Crippen molar-refractivity contribution in [1.29, 1.82) is 0 Å². The van der Waals surface area contributed by atoms with Crippen LogP contribution in [0.2, 0.25) is 0 Å². The zero-order valence-corrected chi connectivity index (χ0v) is 13.1. The molecule has 0 spiro atoms. The van der Waals surface area contributed by atoms with Crippen LogP contribution in [-0.4, -0.2) is 58.5 Å². The maximum Gasteiger partial charge on any atom is 0.223 e. The van der Waals surface area contributed by atoms with Crippen molar-refractivity contribution in [3.63, 3.8) is 0 Å². The number of hydrogen-bond acceptors (Lipinski definition) is 6. The number of nitrogens with zero attached hydrogens (tertiary/aromatic N) is 5. The van der Waals surface area contributed by atoms with E-state index in [9.17, 15) is 0 Å². The van der Waals surface area contributed by atoms with Crippen LogP contribution in [0.1, 0.15) is 55.7 Å². The van der Waals surface area contributed by atoms with E-state index in [0.717, 1.165) is 31.3 Å². The molecule has 2 fully saturated rings. The van der Waals surface area contributed by atoms with Crippen molar-refractivity contribution < 1.29 is 0 Å². The van der Waals surface area contributed by atoms with Gasteiger partial charge in [0.15, 0.2) is 5.82 Å².